The summed E-state index contributed by atoms with van der Waals surface area (Å²) in [5, 5.41) is 6.27. The van der Waals surface area contributed by atoms with Gasteiger partial charge in [0.2, 0.25) is 0 Å². The first-order valence-electron chi connectivity index (χ1n) is 5.71. The molecule has 0 aromatic carbocycles. The number of nitrogens with one attached hydrogen (secondary N) is 2. The van der Waals surface area contributed by atoms with E-state index in [9.17, 15) is 0 Å². The number of anilines is 3. The van der Waals surface area contributed by atoms with Gasteiger partial charge in [0.05, 0.1) is 0 Å². The van der Waals surface area contributed by atoms with Crippen molar-refractivity contribution in [3.63, 3.8) is 0 Å². The first-order valence-corrected chi connectivity index (χ1v) is 6.34. The molecule has 0 fully saturated rings. The molecular weight excluding hydrogens is 248 g/mol. The lowest BCUT2D eigenvalue weighted by molar-refractivity contribution is 0.551. The largest absolute Gasteiger partial charge is 0.446 e. The lowest BCUT2D eigenvalue weighted by Gasteiger charge is -2.07. The van der Waals surface area contributed by atoms with Gasteiger partial charge in [-0.3, -0.25) is 0 Å². The van der Waals surface area contributed by atoms with Crippen molar-refractivity contribution in [1.82, 2.24) is 9.97 Å². The SMILES string of the molecule is Cc1nc(NCCS)cc(Nc2ccc(C)o2)n1. The van der Waals surface area contributed by atoms with Crippen LogP contribution in [0.3, 0.4) is 0 Å². The minimum Gasteiger partial charge on any atom is -0.446 e. The highest BCUT2D eigenvalue weighted by molar-refractivity contribution is 7.80. The van der Waals surface area contributed by atoms with Gasteiger partial charge in [-0.25, -0.2) is 9.97 Å². The third kappa shape index (κ3) is 3.40. The molecule has 0 amide bonds. The van der Waals surface area contributed by atoms with Gasteiger partial charge in [0, 0.05) is 24.4 Å². The Kier molecular flexibility index (Phi) is 4.09. The van der Waals surface area contributed by atoms with Gasteiger partial charge in [0.1, 0.15) is 23.2 Å². The van der Waals surface area contributed by atoms with Crippen LogP contribution < -0.4 is 10.6 Å². The summed E-state index contributed by atoms with van der Waals surface area (Å²) in [6, 6.07) is 5.61. The molecule has 0 spiro atoms. The molecule has 0 aliphatic heterocycles. The standard InChI is InChI=1S/C12H16N4OS/c1-8-3-4-12(17-8)16-11-7-10(13-5-6-18)14-9(2)15-11/h3-4,7,18H,5-6H2,1-2H3,(H2,13,14,15,16). The average Bonchev–Trinajstić information content (AvgIpc) is 2.71. The molecule has 0 atom stereocenters. The molecule has 2 aromatic rings. The Labute approximate surface area is 111 Å². The molecule has 6 heteroatoms. The van der Waals surface area contributed by atoms with Gasteiger partial charge in [-0.15, -0.1) is 0 Å². The maximum Gasteiger partial charge on any atom is 0.198 e. The second-order valence-corrected chi connectivity index (χ2v) is 4.32. The van der Waals surface area contributed by atoms with Crippen LogP contribution in [0.2, 0.25) is 0 Å². The Bertz CT molecular complexity index is 527. The lowest BCUT2D eigenvalue weighted by atomic mass is 10.4. The highest BCUT2D eigenvalue weighted by atomic mass is 32.1. The van der Waals surface area contributed by atoms with Gasteiger partial charge in [0.15, 0.2) is 5.88 Å². The summed E-state index contributed by atoms with van der Waals surface area (Å²) < 4.78 is 5.44. The molecule has 0 bridgehead atoms. The number of furan rings is 1. The molecule has 0 unspecified atom stereocenters. The molecule has 0 radical (unpaired) electrons. The number of aryl methyl sites for hydroxylation is 2. The molecule has 2 rings (SSSR count). The van der Waals surface area contributed by atoms with Crippen molar-refractivity contribution in [3.05, 3.63) is 29.8 Å². The normalized spacial score (nSPS) is 10.4. The van der Waals surface area contributed by atoms with E-state index in [-0.39, 0.29) is 0 Å². The minimum atomic E-state index is 0.672. The molecular formula is C12H16N4OS. The van der Waals surface area contributed by atoms with Crippen LogP contribution in [-0.4, -0.2) is 22.3 Å². The highest BCUT2D eigenvalue weighted by Crippen LogP contribution is 2.19. The smallest absolute Gasteiger partial charge is 0.198 e. The zero-order valence-corrected chi connectivity index (χ0v) is 11.3. The maximum absolute atomic E-state index is 5.44. The molecule has 2 N–H and O–H groups in total. The zero-order chi connectivity index (χ0) is 13.0. The Hall–Kier alpha value is -1.69. The maximum atomic E-state index is 5.44. The number of thiol groups is 1. The van der Waals surface area contributed by atoms with Gasteiger partial charge in [0.25, 0.3) is 0 Å². The van der Waals surface area contributed by atoms with E-state index < -0.39 is 0 Å². The predicted octanol–water partition coefficient (Wildman–Crippen LogP) is 2.77. The molecule has 2 aromatic heterocycles. The summed E-state index contributed by atoms with van der Waals surface area (Å²) in [4.78, 5) is 8.60. The van der Waals surface area contributed by atoms with E-state index in [4.69, 9.17) is 4.42 Å². The Morgan fingerprint density at radius 2 is 2.00 bits per heavy atom. The molecule has 18 heavy (non-hydrogen) atoms. The van der Waals surface area contributed by atoms with Crippen LogP contribution >= 0.6 is 12.6 Å². The highest BCUT2D eigenvalue weighted by Gasteiger charge is 2.04. The van der Waals surface area contributed by atoms with Crippen LogP contribution in [0.15, 0.2) is 22.6 Å². The van der Waals surface area contributed by atoms with E-state index >= 15 is 0 Å². The van der Waals surface area contributed by atoms with E-state index in [0.717, 1.165) is 23.9 Å². The van der Waals surface area contributed by atoms with Gasteiger partial charge >= 0.3 is 0 Å². The quantitative estimate of drug-likeness (QED) is 0.725. The number of hydrogen-bond donors (Lipinski definition) is 3. The summed E-state index contributed by atoms with van der Waals surface area (Å²) in [5.74, 6) is 4.47. The van der Waals surface area contributed by atoms with Crippen LogP contribution in [0, 0.1) is 13.8 Å². The molecule has 0 aliphatic rings. The topological polar surface area (TPSA) is 63.0 Å². The summed E-state index contributed by atoms with van der Waals surface area (Å²) in [7, 11) is 0. The van der Waals surface area contributed by atoms with Gasteiger partial charge in [-0.1, -0.05) is 0 Å². The van der Waals surface area contributed by atoms with E-state index in [1.807, 2.05) is 32.0 Å². The predicted molar refractivity (Wildman–Crippen MR) is 75.8 cm³/mol. The van der Waals surface area contributed by atoms with Crippen molar-refractivity contribution < 1.29 is 4.42 Å². The number of hydrogen-bond acceptors (Lipinski definition) is 6. The molecule has 0 saturated heterocycles. The van der Waals surface area contributed by atoms with Crippen LogP contribution in [-0.2, 0) is 0 Å². The summed E-state index contributed by atoms with van der Waals surface area (Å²) in [6.45, 7) is 4.51. The second kappa shape index (κ2) is 5.77. The van der Waals surface area contributed by atoms with E-state index in [2.05, 4.69) is 33.2 Å². The van der Waals surface area contributed by atoms with Gasteiger partial charge < -0.3 is 15.1 Å². The van der Waals surface area contributed by atoms with Crippen molar-refractivity contribution in [3.8, 4) is 0 Å². The fourth-order valence-electron chi connectivity index (χ4n) is 1.53. The van der Waals surface area contributed by atoms with Gasteiger partial charge in [-0.05, 0) is 19.9 Å². The van der Waals surface area contributed by atoms with Crippen LogP contribution in [0.25, 0.3) is 0 Å². The Balaban J connectivity index is 2.14. The third-order valence-corrected chi connectivity index (χ3v) is 2.47. The average molecular weight is 264 g/mol. The monoisotopic (exact) mass is 264 g/mol. The van der Waals surface area contributed by atoms with E-state index in [1.54, 1.807) is 0 Å². The minimum absolute atomic E-state index is 0.672. The van der Waals surface area contributed by atoms with E-state index in [0.29, 0.717) is 17.5 Å². The van der Waals surface area contributed by atoms with Gasteiger partial charge in [-0.2, -0.15) is 12.6 Å². The molecule has 96 valence electrons. The summed E-state index contributed by atoms with van der Waals surface area (Å²) >= 11 is 4.15. The fraction of sp³-hybridized carbons (Fsp3) is 0.333. The fourth-order valence-corrected chi connectivity index (χ4v) is 1.65. The Morgan fingerprint density at radius 3 is 2.67 bits per heavy atom. The first-order chi connectivity index (χ1) is 8.67. The van der Waals surface area contributed by atoms with Crippen molar-refractivity contribution in [2.75, 3.05) is 22.9 Å². The summed E-state index contributed by atoms with van der Waals surface area (Å²) in [5.41, 5.74) is 0. The van der Waals surface area contributed by atoms with Crippen LogP contribution in [0.4, 0.5) is 17.5 Å². The van der Waals surface area contributed by atoms with Crippen LogP contribution in [0.5, 0.6) is 0 Å². The van der Waals surface area contributed by atoms with E-state index in [1.165, 1.54) is 0 Å². The first kappa shape index (κ1) is 12.8. The molecule has 0 saturated carbocycles. The van der Waals surface area contributed by atoms with Crippen LogP contribution in [0.1, 0.15) is 11.6 Å². The lowest BCUT2D eigenvalue weighted by Crippen LogP contribution is -2.07. The number of aromatic nitrogens is 2. The van der Waals surface area contributed by atoms with Crippen molar-refractivity contribution in [2.45, 2.75) is 13.8 Å². The second-order valence-electron chi connectivity index (χ2n) is 3.87. The third-order valence-electron chi connectivity index (χ3n) is 2.25. The molecule has 5 nitrogen and oxygen atoms in total. The van der Waals surface area contributed by atoms with Crippen molar-refractivity contribution >= 4 is 30.1 Å². The van der Waals surface area contributed by atoms with Crippen molar-refractivity contribution in [2.24, 2.45) is 0 Å². The Morgan fingerprint density at radius 1 is 1.22 bits per heavy atom. The summed E-state index contributed by atoms with van der Waals surface area (Å²) in [6.07, 6.45) is 0. The number of rotatable bonds is 5. The van der Waals surface area contributed by atoms with Crippen molar-refractivity contribution in [1.29, 1.82) is 0 Å². The molecule has 0 aliphatic carbocycles. The zero-order valence-electron chi connectivity index (χ0n) is 10.4. The number of nitrogens with zero attached hydrogens (tertiary/aromatic N) is 2. The molecule has 2 heterocycles.